The molecule has 0 unspecified atom stereocenters. The fraction of sp³-hybridized carbons (Fsp3) is 0.417. The van der Waals surface area contributed by atoms with Crippen molar-refractivity contribution in [3.63, 3.8) is 0 Å². The van der Waals surface area contributed by atoms with Gasteiger partial charge in [0.25, 0.3) is 5.91 Å². The first kappa shape index (κ1) is 28.3. The Bertz CT molecular complexity index is 953. The van der Waals surface area contributed by atoms with Crippen molar-refractivity contribution >= 4 is 63.7 Å². The maximum absolute atomic E-state index is 12.8. The van der Waals surface area contributed by atoms with E-state index in [1.54, 1.807) is 12.1 Å². The van der Waals surface area contributed by atoms with Gasteiger partial charge in [-0.05, 0) is 61.0 Å². The molecule has 0 radical (unpaired) electrons. The highest BCUT2D eigenvalue weighted by Crippen LogP contribution is 2.30. The van der Waals surface area contributed by atoms with Gasteiger partial charge in [-0.1, -0.05) is 73.1 Å². The van der Waals surface area contributed by atoms with Crippen molar-refractivity contribution in [2.75, 3.05) is 19.5 Å². The summed E-state index contributed by atoms with van der Waals surface area (Å²) in [7, 11) is 2.99. The Balaban J connectivity index is 1.99. The van der Waals surface area contributed by atoms with Crippen LogP contribution in [0.25, 0.3) is 0 Å². The van der Waals surface area contributed by atoms with Gasteiger partial charge in [0.2, 0.25) is 3.79 Å². The molecule has 0 spiro atoms. The van der Waals surface area contributed by atoms with Crippen LogP contribution in [0.1, 0.15) is 48.5 Å². The Labute approximate surface area is 221 Å². The van der Waals surface area contributed by atoms with Crippen LogP contribution in [0.3, 0.4) is 0 Å². The van der Waals surface area contributed by atoms with Gasteiger partial charge in [-0.2, -0.15) is 0 Å². The monoisotopic (exact) mass is 545 g/mol. The van der Waals surface area contributed by atoms with E-state index in [2.05, 4.69) is 35.0 Å². The zero-order valence-corrected chi connectivity index (χ0v) is 22.5. The molecule has 186 valence electrons. The molecule has 1 amide bonds. The number of halogens is 3. The number of nitrogens with one attached hydrogen (secondary N) is 3. The summed E-state index contributed by atoms with van der Waals surface area (Å²) in [5.41, 5.74) is 2.35. The van der Waals surface area contributed by atoms with E-state index in [0.717, 1.165) is 12.1 Å². The third kappa shape index (κ3) is 9.02. The van der Waals surface area contributed by atoms with Crippen molar-refractivity contribution in [2.24, 2.45) is 0 Å². The average molecular weight is 547 g/mol. The van der Waals surface area contributed by atoms with Gasteiger partial charge >= 0.3 is 0 Å². The van der Waals surface area contributed by atoms with Gasteiger partial charge in [-0.3, -0.25) is 4.79 Å². The van der Waals surface area contributed by atoms with Crippen LogP contribution < -0.4 is 25.4 Å². The van der Waals surface area contributed by atoms with Crippen LogP contribution in [0.4, 0.5) is 5.69 Å². The molecule has 0 fully saturated rings. The molecule has 0 saturated heterocycles. The number of carbonyl (C=O) groups excluding carboxylic acids is 1. The highest BCUT2D eigenvalue weighted by atomic mass is 35.6. The number of ether oxygens (including phenoxy) is 2. The zero-order valence-electron chi connectivity index (χ0n) is 19.4. The van der Waals surface area contributed by atoms with E-state index in [0.29, 0.717) is 17.1 Å². The van der Waals surface area contributed by atoms with Crippen molar-refractivity contribution in [3.05, 3.63) is 53.6 Å². The maximum Gasteiger partial charge on any atom is 0.253 e. The van der Waals surface area contributed by atoms with E-state index >= 15 is 0 Å². The summed E-state index contributed by atoms with van der Waals surface area (Å²) in [6, 6.07) is 12.7. The van der Waals surface area contributed by atoms with Crippen LogP contribution >= 0.6 is 47.0 Å². The number of hydrogen-bond donors (Lipinski definition) is 3. The van der Waals surface area contributed by atoms with Crippen molar-refractivity contribution < 1.29 is 14.3 Å². The van der Waals surface area contributed by atoms with Gasteiger partial charge in [-0.15, -0.1) is 0 Å². The lowest BCUT2D eigenvalue weighted by molar-refractivity contribution is 0.0934. The molecule has 10 heteroatoms. The summed E-state index contributed by atoms with van der Waals surface area (Å²) in [6.45, 7) is 2.20. The third-order valence-corrected chi connectivity index (χ3v) is 5.93. The number of thiocarbonyl (C=S) groups is 1. The minimum Gasteiger partial charge on any atom is -0.493 e. The van der Waals surface area contributed by atoms with Gasteiger partial charge in [-0.25, -0.2) is 0 Å². The Morgan fingerprint density at radius 3 is 2.24 bits per heavy atom. The second kappa shape index (κ2) is 13.8. The van der Waals surface area contributed by atoms with Gasteiger partial charge < -0.3 is 25.4 Å². The topological polar surface area (TPSA) is 71.6 Å². The lowest BCUT2D eigenvalue weighted by atomic mass is 10.1. The van der Waals surface area contributed by atoms with E-state index in [4.69, 9.17) is 56.5 Å². The second-order valence-corrected chi connectivity index (χ2v) is 10.4. The number of carbonyl (C=O) groups is 1. The highest BCUT2D eigenvalue weighted by molar-refractivity contribution is 7.80. The number of methoxy groups -OCH3 is 2. The fourth-order valence-corrected chi connectivity index (χ4v) is 3.76. The van der Waals surface area contributed by atoms with Crippen molar-refractivity contribution in [3.8, 4) is 11.5 Å². The molecule has 6 nitrogen and oxygen atoms in total. The Kier molecular flexibility index (Phi) is 11.5. The van der Waals surface area contributed by atoms with Crippen molar-refractivity contribution in [1.82, 2.24) is 10.6 Å². The number of benzene rings is 2. The molecule has 2 aromatic rings. The van der Waals surface area contributed by atoms with E-state index in [-0.39, 0.29) is 5.11 Å². The average Bonchev–Trinajstić information content (AvgIpc) is 2.81. The zero-order chi connectivity index (χ0) is 25.1. The molecular formula is C24H30Cl3N3O3S. The van der Waals surface area contributed by atoms with Crippen LogP contribution in [0, 0.1) is 0 Å². The first-order valence-corrected chi connectivity index (χ1v) is 12.5. The molecule has 0 aliphatic heterocycles. The van der Waals surface area contributed by atoms with Crippen LogP contribution in [0.5, 0.6) is 11.5 Å². The van der Waals surface area contributed by atoms with E-state index in [1.807, 2.05) is 12.1 Å². The predicted molar refractivity (Wildman–Crippen MR) is 145 cm³/mol. The molecule has 2 rings (SSSR count). The lowest BCUT2D eigenvalue weighted by Gasteiger charge is -2.28. The quantitative estimate of drug-likeness (QED) is 0.134. The number of aryl methyl sites for hydroxylation is 1. The standard InChI is InChI=1S/C24H30Cl3N3O3S/c1-4-5-6-7-8-16-9-12-18(13-10-16)28-23(34)30-22(24(25,26)27)29-21(31)17-11-14-19(32-2)20(15-17)33-3/h9-15,22H,4-8H2,1-3H3,(H,29,31)(H2,28,30,34)/t22-/m0/s1. The molecule has 34 heavy (non-hydrogen) atoms. The van der Waals surface area contributed by atoms with Crippen LogP contribution in [0.2, 0.25) is 0 Å². The molecule has 0 aliphatic carbocycles. The molecule has 2 aromatic carbocycles. The normalized spacial score (nSPS) is 11.9. The van der Waals surface area contributed by atoms with E-state index < -0.39 is 15.9 Å². The van der Waals surface area contributed by atoms with Gasteiger partial charge in [0.1, 0.15) is 6.17 Å². The number of rotatable bonds is 11. The first-order valence-electron chi connectivity index (χ1n) is 10.9. The molecular weight excluding hydrogens is 517 g/mol. The van der Waals surface area contributed by atoms with Crippen LogP contribution in [0.15, 0.2) is 42.5 Å². The van der Waals surface area contributed by atoms with Crippen LogP contribution in [-0.4, -0.2) is 35.2 Å². The Morgan fingerprint density at radius 2 is 1.65 bits per heavy atom. The fourth-order valence-electron chi connectivity index (χ4n) is 3.20. The largest absolute Gasteiger partial charge is 0.493 e. The van der Waals surface area contributed by atoms with Crippen molar-refractivity contribution in [1.29, 1.82) is 0 Å². The van der Waals surface area contributed by atoms with Gasteiger partial charge in [0.15, 0.2) is 16.6 Å². The first-order chi connectivity index (χ1) is 16.2. The van der Waals surface area contributed by atoms with Gasteiger partial charge in [0.05, 0.1) is 14.2 Å². The molecule has 0 aliphatic rings. The Morgan fingerprint density at radius 1 is 0.971 bits per heavy atom. The molecule has 3 N–H and O–H groups in total. The van der Waals surface area contributed by atoms with Crippen molar-refractivity contribution in [2.45, 2.75) is 49.0 Å². The smallest absolute Gasteiger partial charge is 0.253 e. The summed E-state index contributed by atoms with van der Waals surface area (Å²) in [5, 5.41) is 8.75. The summed E-state index contributed by atoms with van der Waals surface area (Å²) >= 11 is 23.7. The van der Waals surface area contributed by atoms with Crippen LogP contribution in [-0.2, 0) is 6.42 Å². The number of alkyl halides is 3. The van der Waals surface area contributed by atoms with Gasteiger partial charge in [0, 0.05) is 11.3 Å². The number of unbranched alkanes of at least 4 members (excludes halogenated alkanes) is 3. The van der Waals surface area contributed by atoms with E-state index in [9.17, 15) is 4.79 Å². The summed E-state index contributed by atoms with van der Waals surface area (Å²) in [4.78, 5) is 12.8. The number of amides is 1. The second-order valence-electron chi connectivity index (χ2n) is 7.62. The summed E-state index contributed by atoms with van der Waals surface area (Å²) in [5.74, 6) is 0.409. The predicted octanol–water partition coefficient (Wildman–Crippen LogP) is 6.24. The number of anilines is 1. The summed E-state index contributed by atoms with van der Waals surface area (Å²) < 4.78 is 8.56. The summed E-state index contributed by atoms with van der Waals surface area (Å²) in [6.07, 6.45) is 4.82. The molecule has 1 atom stereocenters. The lowest BCUT2D eigenvalue weighted by Crippen LogP contribution is -2.56. The SMILES string of the molecule is CCCCCCc1ccc(NC(=S)N[C@H](NC(=O)c2ccc(OC)c(OC)c2)C(Cl)(Cl)Cl)cc1. The highest BCUT2D eigenvalue weighted by Gasteiger charge is 2.35. The molecule has 0 heterocycles. The van der Waals surface area contributed by atoms with E-state index in [1.165, 1.54) is 51.5 Å². The minimum absolute atomic E-state index is 0.194. The molecule has 0 bridgehead atoms. The molecule has 0 saturated carbocycles. The maximum atomic E-state index is 12.8. The Hall–Kier alpha value is -1.93. The third-order valence-electron chi connectivity index (χ3n) is 5.05. The number of hydrogen-bond acceptors (Lipinski definition) is 4. The molecule has 0 aromatic heterocycles. The minimum atomic E-state index is -1.87.